The molecular formula is C10H7F4N3OS. The number of nitrogens with zero attached hydrogens (tertiary/aromatic N) is 3. The van der Waals surface area contributed by atoms with Gasteiger partial charge in [-0.25, -0.2) is 4.98 Å². The van der Waals surface area contributed by atoms with Crippen LogP contribution in [0.1, 0.15) is 10.6 Å². The molecule has 0 spiro atoms. The average molecular weight is 293 g/mol. The highest BCUT2D eigenvalue weighted by atomic mass is 32.1. The van der Waals surface area contributed by atoms with Crippen LogP contribution in [0.25, 0.3) is 11.5 Å². The van der Waals surface area contributed by atoms with E-state index in [1.54, 1.807) is 6.92 Å². The third-order valence-electron chi connectivity index (χ3n) is 2.16. The van der Waals surface area contributed by atoms with Gasteiger partial charge in [-0.2, -0.15) is 27.5 Å². The molecule has 0 saturated heterocycles. The Morgan fingerprint density at radius 2 is 1.89 bits per heavy atom. The van der Waals surface area contributed by atoms with Crippen LogP contribution in [-0.2, 0) is 6.18 Å². The minimum Gasteiger partial charge on any atom is -0.480 e. The van der Waals surface area contributed by atoms with Crippen LogP contribution in [0.5, 0.6) is 5.88 Å². The first kappa shape index (κ1) is 13.7. The van der Waals surface area contributed by atoms with Gasteiger partial charge in [0.1, 0.15) is 5.69 Å². The van der Waals surface area contributed by atoms with Crippen LogP contribution in [0.15, 0.2) is 5.38 Å². The fourth-order valence-electron chi connectivity index (χ4n) is 1.38. The van der Waals surface area contributed by atoms with E-state index in [9.17, 15) is 17.6 Å². The van der Waals surface area contributed by atoms with Gasteiger partial charge in [-0.15, -0.1) is 11.3 Å². The lowest BCUT2D eigenvalue weighted by Crippen LogP contribution is -2.14. The van der Waals surface area contributed by atoms with Crippen LogP contribution in [0.4, 0.5) is 17.6 Å². The van der Waals surface area contributed by atoms with Crippen molar-refractivity contribution in [3.05, 3.63) is 21.9 Å². The molecule has 4 nitrogen and oxygen atoms in total. The first-order valence-corrected chi connectivity index (χ1v) is 5.82. The zero-order valence-corrected chi connectivity index (χ0v) is 10.6. The quantitative estimate of drug-likeness (QED) is 0.630. The predicted molar refractivity (Wildman–Crippen MR) is 59.4 cm³/mol. The zero-order chi connectivity index (χ0) is 14.2. The van der Waals surface area contributed by atoms with Crippen LogP contribution in [-0.4, -0.2) is 22.1 Å². The molecule has 0 N–H and O–H groups in total. The molecule has 2 aromatic heterocycles. The van der Waals surface area contributed by atoms with E-state index in [4.69, 9.17) is 0 Å². The second-order valence-corrected chi connectivity index (χ2v) is 4.53. The molecule has 2 heterocycles. The Balaban J connectivity index is 2.60. The van der Waals surface area contributed by atoms with Gasteiger partial charge < -0.3 is 4.74 Å². The maximum absolute atomic E-state index is 13.5. The third kappa shape index (κ3) is 2.65. The molecule has 0 radical (unpaired) electrons. The summed E-state index contributed by atoms with van der Waals surface area (Å²) in [5, 5.41) is 2.19. The summed E-state index contributed by atoms with van der Waals surface area (Å²) in [4.78, 5) is 10.7. The van der Waals surface area contributed by atoms with Crippen molar-refractivity contribution in [1.82, 2.24) is 15.0 Å². The Morgan fingerprint density at radius 3 is 2.37 bits per heavy atom. The number of methoxy groups -OCH3 is 1. The number of alkyl halides is 3. The summed E-state index contributed by atoms with van der Waals surface area (Å²) in [6.45, 7) is 1.70. The highest BCUT2D eigenvalue weighted by Crippen LogP contribution is 2.37. The maximum Gasteiger partial charge on any atom is 0.426 e. The fraction of sp³-hybridized carbons (Fsp3) is 0.300. The number of aromatic nitrogens is 3. The van der Waals surface area contributed by atoms with E-state index in [1.807, 2.05) is 0 Å². The summed E-state index contributed by atoms with van der Waals surface area (Å²) in [6, 6.07) is 0. The molecule has 0 aliphatic heterocycles. The highest BCUT2D eigenvalue weighted by molar-refractivity contribution is 7.09. The monoisotopic (exact) mass is 293 g/mol. The van der Waals surface area contributed by atoms with Gasteiger partial charge in [0.15, 0.2) is 11.4 Å². The lowest BCUT2D eigenvalue weighted by molar-refractivity contribution is -0.142. The van der Waals surface area contributed by atoms with Crippen LogP contribution in [0, 0.1) is 12.9 Å². The number of ether oxygens (including phenoxy) is 1. The molecule has 0 fully saturated rings. The molecule has 0 aromatic carbocycles. The normalized spacial score (nSPS) is 11.7. The highest BCUT2D eigenvalue weighted by Gasteiger charge is 2.40. The van der Waals surface area contributed by atoms with E-state index in [-0.39, 0.29) is 11.5 Å². The Hall–Kier alpha value is -1.77. The van der Waals surface area contributed by atoms with E-state index in [0.29, 0.717) is 5.01 Å². The molecule has 19 heavy (non-hydrogen) atoms. The molecule has 0 amide bonds. The van der Waals surface area contributed by atoms with Gasteiger partial charge in [-0.1, -0.05) is 0 Å². The molecule has 9 heteroatoms. The third-order valence-corrected chi connectivity index (χ3v) is 2.93. The van der Waals surface area contributed by atoms with Crippen LogP contribution in [0.2, 0.25) is 0 Å². The maximum atomic E-state index is 13.5. The number of hydrogen-bond donors (Lipinski definition) is 0. The molecule has 0 aliphatic rings. The minimum absolute atomic E-state index is 0.202. The molecule has 0 atom stereocenters. The van der Waals surface area contributed by atoms with Crippen molar-refractivity contribution in [3.63, 3.8) is 0 Å². The molecule has 0 bridgehead atoms. The summed E-state index contributed by atoms with van der Waals surface area (Å²) in [7, 11) is 0.979. The Bertz CT molecular complexity index is 611. The van der Waals surface area contributed by atoms with E-state index in [0.717, 1.165) is 7.11 Å². The van der Waals surface area contributed by atoms with Gasteiger partial charge in [0, 0.05) is 5.38 Å². The molecule has 0 unspecified atom stereocenters. The Kier molecular flexibility index (Phi) is 3.40. The summed E-state index contributed by atoms with van der Waals surface area (Å²) in [6.07, 6.45) is -4.92. The number of aryl methyl sites for hydroxylation is 1. The van der Waals surface area contributed by atoms with Crippen LogP contribution >= 0.6 is 11.3 Å². The van der Waals surface area contributed by atoms with Gasteiger partial charge in [-0.05, 0) is 6.92 Å². The molecule has 0 saturated carbocycles. The lowest BCUT2D eigenvalue weighted by Gasteiger charge is -2.11. The average Bonchev–Trinajstić information content (AvgIpc) is 2.73. The van der Waals surface area contributed by atoms with Gasteiger partial charge in [0.2, 0.25) is 11.8 Å². The van der Waals surface area contributed by atoms with E-state index in [2.05, 4.69) is 19.7 Å². The van der Waals surface area contributed by atoms with E-state index < -0.39 is 23.6 Å². The minimum atomic E-state index is -4.92. The van der Waals surface area contributed by atoms with Crippen LogP contribution < -0.4 is 4.74 Å². The first-order valence-electron chi connectivity index (χ1n) is 4.94. The van der Waals surface area contributed by atoms with Gasteiger partial charge in [-0.3, -0.25) is 0 Å². The number of thiazole rings is 1. The second kappa shape index (κ2) is 4.72. The van der Waals surface area contributed by atoms with Gasteiger partial charge >= 0.3 is 6.18 Å². The zero-order valence-electron chi connectivity index (χ0n) is 9.75. The van der Waals surface area contributed by atoms with E-state index in [1.165, 1.54) is 16.7 Å². The van der Waals surface area contributed by atoms with Crippen LogP contribution in [0.3, 0.4) is 0 Å². The number of hydrogen-bond acceptors (Lipinski definition) is 5. The molecule has 2 rings (SSSR count). The van der Waals surface area contributed by atoms with Crippen molar-refractivity contribution in [2.45, 2.75) is 13.1 Å². The number of halogens is 4. The van der Waals surface area contributed by atoms with Gasteiger partial charge in [0.05, 0.1) is 12.1 Å². The molecule has 2 aromatic rings. The summed E-state index contributed by atoms with van der Waals surface area (Å²) >= 11 is 1.25. The summed E-state index contributed by atoms with van der Waals surface area (Å²) in [5.41, 5.74) is -1.42. The molecule has 0 aliphatic carbocycles. The largest absolute Gasteiger partial charge is 0.480 e. The van der Waals surface area contributed by atoms with E-state index >= 15 is 0 Å². The first-order chi connectivity index (χ1) is 8.82. The lowest BCUT2D eigenvalue weighted by atomic mass is 10.3. The van der Waals surface area contributed by atoms with Crippen molar-refractivity contribution in [1.29, 1.82) is 0 Å². The smallest absolute Gasteiger partial charge is 0.426 e. The standard InChI is InChI=1S/C10H7F4N3OS/c1-4-15-5(3-19-4)8-16-7(11)6(10(12,13)14)9(17-8)18-2/h3H,1-2H3. The van der Waals surface area contributed by atoms with Crippen molar-refractivity contribution >= 4 is 11.3 Å². The Labute approximate surface area is 109 Å². The van der Waals surface area contributed by atoms with Crippen molar-refractivity contribution in [2.24, 2.45) is 0 Å². The predicted octanol–water partition coefficient (Wildman–Crippen LogP) is 3.08. The Morgan fingerprint density at radius 1 is 1.21 bits per heavy atom. The second-order valence-electron chi connectivity index (χ2n) is 3.47. The number of rotatable bonds is 2. The van der Waals surface area contributed by atoms with Crippen molar-refractivity contribution in [3.8, 4) is 17.4 Å². The fourth-order valence-corrected chi connectivity index (χ4v) is 1.97. The van der Waals surface area contributed by atoms with Crippen molar-refractivity contribution < 1.29 is 22.3 Å². The molecular weight excluding hydrogens is 286 g/mol. The summed E-state index contributed by atoms with van der Waals surface area (Å²) in [5.74, 6) is -2.78. The summed E-state index contributed by atoms with van der Waals surface area (Å²) < 4.78 is 55.9. The topological polar surface area (TPSA) is 47.9 Å². The SMILES string of the molecule is COc1nc(-c2csc(C)n2)nc(F)c1C(F)(F)F. The van der Waals surface area contributed by atoms with Crippen molar-refractivity contribution in [2.75, 3.05) is 7.11 Å². The molecule has 102 valence electrons. The van der Waals surface area contributed by atoms with Gasteiger partial charge in [0.25, 0.3) is 0 Å².